The highest BCUT2D eigenvalue weighted by Gasteiger charge is 2.56. The van der Waals surface area contributed by atoms with Gasteiger partial charge in [-0.25, -0.2) is 0 Å². The fourth-order valence-corrected chi connectivity index (χ4v) is 14.6. The monoisotopic (exact) mass is 328 g/mol. The van der Waals surface area contributed by atoms with Crippen molar-refractivity contribution in [2.45, 2.75) is 76.5 Å². The summed E-state index contributed by atoms with van der Waals surface area (Å²) in [7, 11) is -1.26. The standard InChI is InChI=1S/C22H36Si/c1-15-13-17-9-5-7-11-19(17)21(15)23(3,4)22-16(2)14-18-10-6-8-12-20(18)22/h5,7,9,11,15-22H,6,8,10,12-14H2,1-4H3. The summed E-state index contributed by atoms with van der Waals surface area (Å²) in [5.74, 6) is 5.84. The van der Waals surface area contributed by atoms with Crippen LogP contribution in [-0.2, 0) is 0 Å². The Bertz CT molecular complexity index is 502. The molecule has 4 aliphatic rings. The van der Waals surface area contributed by atoms with Gasteiger partial charge < -0.3 is 0 Å². The Labute approximate surface area is 144 Å². The molecule has 0 aromatic rings. The molecule has 0 spiro atoms. The summed E-state index contributed by atoms with van der Waals surface area (Å²) >= 11 is 0. The average molecular weight is 329 g/mol. The quantitative estimate of drug-likeness (QED) is 0.496. The van der Waals surface area contributed by atoms with Crippen molar-refractivity contribution in [2.75, 3.05) is 0 Å². The molecule has 1 heteroatoms. The molecule has 3 saturated carbocycles. The first-order valence-corrected chi connectivity index (χ1v) is 13.5. The second-order valence-electron chi connectivity index (χ2n) is 10.0. The molecule has 0 amide bonds. The Kier molecular flexibility index (Phi) is 4.15. The van der Waals surface area contributed by atoms with Gasteiger partial charge >= 0.3 is 0 Å². The molecule has 0 nitrogen and oxygen atoms in total. The molecule has 0 N–H and O–H groups in total. The van der Waals surface area contributed by atoms with Crippen molar-refractivity contribution in [3.8, 4) is 0 Å². The molecule has 0 bridgehead atoms. The lowest BCUT2D eigenvalue weighted by molar-refractivity contribution is 0.273. The highest BCUT2D eigenvalue weighted by atomic mass is 28.3. The smallest absolute Gasteiger partial charge is 0.0550 e. The summed E-state index contributed by atoms with van der Waals surface area (Å²) < 4.78 is 0. The molecule has 0 aromatic carbocycles. The highest BCUT2D eigenvalue weighted by molar-refractivity contribution is 6.80. The molecule has 0 radical (unpaired) electrons. The van der Waals surface area contributed by atoms with Crippen LogP contribution in [0.5, 0.6) is 0 Å². The largest absolute Gasteiger partial charge is 0.0808 e. The van der Waals surface area contributed by atoms with Crippen molar-refractivity contribution in [1.82, 2.24) is 0 Å². The van der Waals surface area contributed by atoms with Crippen LogP contribution < -0.4 is 0 Å². The molecule has 3 fully saturated rings. The van der Waals surface area contributed by atoms with Gasteiger partial charge in [-0.05, 0) is 59.4 Å². The first-order chi connectivity index (χ1) is 11.0. The van der Waals surface area contributed by atoms with Gasteiger partial charge in [-0.1, -0.05) is 76.9 Å². The second kappa shape index (κ2) is 5.90. The second-order valence-corrected chi connectivity index (χ2v) is 15.0. The molecule has 8 atom stereocenters. The van der Waals surface area contributed by atoms with Crippen LogP contribution in [0.2, 0.25) is 24.2 Å². The maximum atomic E-state index is 2.79. The van der Waals surface area contributed by atoms with Gasteiger partial charge in [0.05, 0.1) is 8.07 Å². The van der Waals surface area contributed by atoms with E-state index in [1.54, 1.807) is 19.3 Å². The fourth-order valence-electron chi connectivity index (χ4n) is 8.03. The number of hydrogen-bond donors (Lipinski definition) is 0. The van der Waals surface area contributed by atoms with Gasteiger partial charge in [0.15, 0.2) is 0 Å². The SMILES string of the molecule is CC1CC2C=CC=CC2C1[Si](C)(C)C1C(C)CC2CCCCC21. The Morgan fingerprint density at radius 2 is 1.52 bits per heavy atom. The summed E-state index contributed by atoms with van der Waals surface area (Å²) in [4.78, 5) is 0. The van der Waals surface area contributed by atoms with Gasteiger partial charge in [0.25, 0.3) is 0 Å². The Morgan fingerprint density at radius 3 is 2.35 bits per heavy atom. The third-order valence-corrected chi connectivity index (χ3v) is 13.8. The molecule has 4 aliphatic carbocycles. The van der Waals surface area contributed by atoms with E-state index in [-0.39, 0.29) is 0 Å². The minimum Gasteiger partial charge on any atom is -0.0808 e. The molecular weight excluding hydrogens is 292 g/mol. The van der Waals surface area contributed by atoms with E-state index in [9.17, 15) is 0 Å². The van der Waals surface area contributed by atoms with E-state index in [4.69, 9.17) is 0 Å². The lowest BCUT2D eigenvalue weighted by atomic mass is 9.82. The van der Waals surface area contributed by atoms with Crippen molar-refractivity contribution >= 4 is 8.07 Å². The van der Waals surface area contributed by atoms with Crippen LogP contribution in [-0.4, -0.2) is 8.07 Å². The van der Waals surface area contributed by atoms with Crippen molar-refractivity contribution in [2.24, 2.45) is 35.5 Å². The van der Waals surface area contributed by atoms with Crippen LogP contribution in [0.15, 0.2) is 24.3 Å². The first kappa shape index (κ1) is 16.2. The van der Waals surface area contributed by atoms with E-state index >= 15 is 0 Å². The normalized spacial score (nSPS) is 49.2. The zero-order valence-electron chi connectivity index (χ0n) is 15.7. The average Bonchev–Trinajstić information content (AvgIpc) is 3.02. The van der Waals surface area contributed by atoms with Gasteiger partial charge in [-0.15, -0.1) is 0 Å². The van der Waals surface area contributed by atoms with Crippen LogP contribution in [0.1, 0.15) is 52.4 Å². The van der Waals surface area contributed by atoms with Gasteiger partial charge in [0, 0.05) is 0 Å². The Morgan fingerprint density at radius 1 is 0.826 bits per heavy atom. The predicted octanol–water partition coefficient (Wildman–Crippen LogP) is 6.68. The molecule has 0 heterocycles. The topological polar surface area (TPSA) is 0 Å². The summed E-state index contributed by atoms with van der Waals surface area (Å²) in [5.41, 5.74) is 2.11. The third-order valence-electron chi connectivity index (χ3n) is 8.40. The molecule has 128 valence electrons. The number of hydrogen-bond acceptors (Lipinski definition) is 0. The zero-order valence-corrected chi connectivity index (χ0v) is 16.7. The number of allylic oxidation sites excluding steroid dienone is 4. The lowest BCUT2D eigenvalue weighted by Crippen LogP contribution is -2.46. The van der Waals surface area contributed by atoms with Gasteiger partial charge in [-0.2, -0.15) is 0 Å². The van der Waals surface area contributed by atoms with Gasteiger partial charge in [0.2, 0.25) is 0 Å². The van der Waals surface area contributed by atoms with Crippen LogP contribution >= 0.6 is 0 Å². The van der Waals surface area contributed by atoms with Gasteiger partial charge in [0.1, 0.15) is 0 Å². The Balaban J connectivity index is 1.64. The summed E-state index contributed by atoms with van der Waals surface area (Å²) in [6.45, 7) is 10.8. The maximum Gasteiger partial charge on any atom is 0.0550 e. The molecule has 4 rings (SSSR count). The first-order valence-electron chi connectivity index (χ1n) is 10.3. The molecule has 0 aliphatic heterocycles. The van der Waals surface area contributed by atoms with E-state index in [0.717, 1.165) is 46.6 Å². The summed E-state index contributed by atoms with van der Waals surface area (Å²) in [6, 6.07) is 0. The minimum absolute atomic E-state index is 0.852. The molecule has 0 saturated heterocycles. The van der Waals surface area contributed by atoms with E-state index in [1.165, 1.54) is 19.3 Å². The zero-order chi connectivity index (χ0) is 16.2. The van der Waals surface area contributed by atoms with Gasteiger partial charge in [-0.3, -0.25) is 0 Å². The van der Waals surface area contributed by atoms with E-state index in [0.29, 0.717) is 0 Å². The van der Waals surface area contributed by atoms with E-state index in [1.807, 2.05) is 0 Å². The lowest BCUT2D eigenvalue weighted by Gasteiger charge is -2.46. The molecule has 0 aromatic heterocycles. The minimum atomic E-state index is -1.26. The van der Waals surface area contributed by atoms with Crippen LogP contribution in [0, 0.1) is 35.5 Å². The van der Waals surface area contributed by atoms with Crippen LogP contribution in [0.25, 0.3) is 0 Å². The van der Waals surface area contributed by atoms with Crippen molar-refractivity contribution in [3.05, 3.63) is 24.3 Å². The molecule has 23 heavy (non-hydrogen) atoms. The molecule has 8 unspecified atom stereocenters. The highest BCUT2D eigenvalue weighted by Crippen LogP contribution is 2.63. The van der Waals surface area contributed by atoms with Crippen molar-refractivity contribution < 1.29 is 0 Å². The summed E-state index contributed by atoms with van der Waals surface area (Å²) in [5, 5.41) is 0. The third kappa shape index (κ3) is 2.53. The van der Waals surface area contributed by atoms with Crippen molar-refractivity contribution in [3.63, 3.8) is 0 Å². The van der Waals surface area contributed by atoms with E-state index < -0.39 is 8.07 Å². The van der Waals surface area contributed by atoms with Crippen molar-refractivity contribution in [1.29, 1.82) is 0 Å². The predicted molar refractivity (Wildman–Crippen MR) is 103 cm³/mol. The molecular formula is C22H36Si. The van der Waals surface area contributed by atoms with E-state index in [2.05, 4.69) is 51.2 Å². The Hall–Kier alpha value is -0.303. The summed E-state index contributed by atoms with van der Waals surface area (Å²) in [6.07, 6.45) is 18.9. The van der Waals surface area contributed by atoms with Crippen LogP contribution in [0.3, 0.4) is 0 Å². The van der Waals surface area contributed by atoms with Crippen LogP contribution in [0.4, 0.5) is 0 Å². The fraction of sp³-hybridized carbons (Fsp3) is 0.818. The number of fused-ring (bicyclic) bond motifs is 2. The number of rotatable bonds is 2. The maximum absolute atomic E-state index is 2.79.